The number of halogens is 1. The van der Waals surface area contributed by atoms with Gasteiger partial charge < -0.3 is 19.9 Å². The molecule has 0 bridgehead atoms. The Morgan fingerprint density at radius 2 is 1.83 bits per heavy atom. The van der Waals surface area contributed by atoms with Gasteiger partial charge in [0, 0.05) is 17.8 Å². The number of ether oxygens (including phenoxy) is 1. The molecule has 3 aromatic rings. The molecule has 0 amide bonds. The number of benzene rings is 1. The van der Waals surface area contributed by atoms with Crippen LogP contribution in [0.25, 0.3) is 0 Å². The van der Waals surface area contributed by atoms with Crippen LogP contribution in [0.2, 0.25) is 5.02 Å². The van der Waals surface area contributed by atoms with Gasteiger partial charge in [0.1, 0.15) is 29.5 Å². The molecule has 0 saturated heterocycles. The van der Waals surface area contributed by atoms with Crippen LogP contribution in [0.4, 0.5) is 23.1 Å². The molecule has 0 aliphatic carbocycles. The van der Waals surface area contributed by atoms with E-state index >= 15 is 0 Å². The van der Waals surface area contributed by atoms with Crippen LogP contribution in [-0.2, 0) is 0 Å². The summed E-state index contributed by atoms with van der Waals surface area (Å²) in [6.07, 6.45) is 1.45. The minimum absolute atomic E-state index is 0.517. The number of methoxy groups -OCH3 is 1. The zero-order valence-corrected chi connectivity index (χ0v) is 13.3. The number of aryl methyl sites for hydroxylation is 1. The van der Waals surface area contributed by atoms with Crippen LogP contribution in [0.3, 0.4) is 0 Å². The maximum Gasteiger partial charge on any atom is 0.175 e. The molecule has 0 aliphatic rings. The third kappa shape index (κ3) is 3.70. The molecular formula is C15H14ClN5O2. The van der Waals surface area contributed by atoms with Crippen LogP contribution in [-0.4, -0.2) is 22.2 Å². The largest absolute Gasteiger partial charge is 0.495 e. The number of aromatic nitrogens is 3. The molecule has 0 fully saturated rings. The molecule has 0 saturated carbocycles. The van der Waals surface area contributed by atoms with Crippen LogP contribution >= 0.6 is 11.6 Å². The average molecular weight is 332 g/mol. The first-order valence-electron chi connectivity index (χ1n) is 6.77. The van der Waals surface area contributed by atoms with Gasteiger partial charge in [0.05, 0.1) is 12.1 Å². The van der Waals surface area contributed by atoms with Crippen molar-refractivity contribution in [1.29, 1.82) is 0 Å². The molecule has 2 N–H and O–H groups in total. The van der Waals surface area contributed by atoms with E-state index in [-0.39, 0.29) is 0 Å². The van der Waals surface area contributed by atoms with Gasteiger partial charge in [0.15, 0.2) is 5.82 Å². The predicted molar refractivity (Wildman–Crippen MR) is 87.8 cm³/mol. The highest BCUT2D eigenvalue weighted by atomic mass is 35.5. The van der Waals surface area contributed by atoms with Gasteiger partial charge in [0.25, 0.3) is 0 Å². The smallest absolute Gasteiger partial charge is 0.175 e. The average Bonchev–Trinajstić information content (AvgIpc) is 2.93. The molecule has 0 aliphatic heterocycles. The van der Waals surface area contributed by atoms with E-state index < -0.39 is 0 Å². The molecule has 0 unspecified atom stereocenters. The minimum Gasteiger partial charge on any atom is -0.495 e. The second kappa shape index (κ2) is 6.53. The van der Waals surface area contributed by atoms with Crippen LogP contribution in [0, 0.1) is 6.92 Å². The second-order valence-corrected chi connectivity index (χ2v) is 5.12. The van der Waals surface area contributed by atoms with Gasteiger partial charge >= 0.3 is 0 Å². The second-order valence-electron chi connectivity index (χ2n) is 4.71. The zero-order valence-electron chi connectivity index (χ0n) is 12.5. The summed E-state index contributed by atoms with van der Waals surface area (Å²) in [5.41, 5.74) is 0.790. The van der Waals surface area contributed by atoms with Gasteiger partial charge in [-0.05, 0) is 25.1 Å². The molecule has 2 heterocycles. The summed E-state index contributed by atoms with van der Waals surface area (Å²) < 4.78 is 10.1. The van der Waals surface area contributed by atoms with Crippen LogP contribution in [0.5, 0.6) is 5.75 Å². The Bertz CT molecular complexity index is 821. The highest BCUT2D eigenvalue weighted by Gasteiger charge is 2.05. The summed E-state index contributed by atoms with van der Waals surface area (Å²) in [4.78, 5) is 8.31. The van der Waals surface area contributed by atoms with Gasteiger partial charge in [-0.3, -0.25) is 0 Å². The van der Waals surface area contributed by atoms with Crippen molar-refractivity contribution < 1.29 is 9.26 Å². The molecular weight excluding hydrogens is 318 g/mol. The number of nitrogens with one attached hydrogen (secondary N) is 2. The van der Waals surface area contributed by atoms with Gasteiger partial charge in [-0.1, -0.05) is 16.8 Å². The van der Waals surface area contributed by atoms with Crippen molar-refractivity contribution >= 4 is 34.7 Å². The van der Waals surface area contributed by atoms with E-state index in [1.165, 1.54) is 6.33 Å². The van der Waals surface area contributed by atoms with E-state index in [0.717, 1.165) is 5.69 Å². The van der Waals surface area contributed by atoms with E-state index in [9.17, 15) is 0 Å². The Labute approximate surface area is 137 Å². The molecule has 0 spiro atoms. The molecule has 23 heavy (non-hydrogen) atoms. The summed E-state index contributed by atoms with van der Waals surface area (Å²) in [5.74, 6) is 3.12. The fraction of sp³-hybridized carbons (Fsp3) is 0.133. The third-order valence-corrected chi connectivity index (χ3v) is 3.27. The Morgan fingerprint density at radius 1 is 1.04 bits per heavy atom. The first-order chi connectivity index (χ1) is 11.1. The van der Waals surface area contributed by atoms with Crippen molar-refractivity contribution in [2.24, 2.45) is 0 Å². The van der Waals surface area contributed by atoms with Gasteiger partial charge in [-0.25, -0.2) is 9.97 Å². The lowest BCUT2D eigenvalue weighted by Crippen LogP contribution is -1.98. The fourth-order valence-corrected chi connectivity index (χ4v) is 2.20. The maximum atomic E-state index is 6.11. The predicted octanol–water partition coefficient (Wildman–Crippen LogP) is 3.92. The maximum absolute atomic E-state index is 6.11. The summed E-state index contributed by atoms with van der Waals surface area (Å²) in [7, 11) is 1.57. The lowest BCUT2D eigenvalue weighted by atomic mass is 10.3. The van der Waals surface area contributed by atoms with E-state index in [2.05, 4.69) is 25.8 Å². The van der Waals surface area contributed by atoms with Crippen molar-refractivity contribution in [2.45, 2.75) is 6.92 Å². The van der Waals surface area contributed by atoms with E-state index in [1.807, 2.05) is 13.0 Å². The number of anilines is 4. The molecule has 0 radical (unpaired) electrons. The number of nitrogens with zero attached hydrogens (tertiary/aromatic N) is 3. The molecule has 8 heteroatoms. The number of hydrogen-bond acceptors (Lipinski definition) is 7. The standard InChI is InChI=1S/C15H14ClN5O2/c1-9-5-15(21-23-9)20-14-7-13(17-8-18-14)19-10-3-4-12(22-2)11(16)6-10/h3-8H,1-2H3,(H2,17,18,19,20,21). The Balaban J connectivity index is 1.76. The zero-order chi connectivity index (χ0) is 16.2. The summed E-state index contributed by atoms with van der Waals surface area (Å²) in [6, 6.07) is 8.92. The molecule has 0 atom stereocenters. The van der Waals surface area contributed by atoms with Crippen molar-refractivity contribution in [1.82, 2.24) is 15.1 Å². The van der Waals surface area contributed by atoms with Crippen LogP contribution in [0.15, 0.2) is 41.2 Å². The third-order valence-electron chi connectivity index (χ3n) is 2.98. The summed E-state index contributed by atoms with van der Waals surface area (Å²) in [6.45, 7) is 1.82. The lowest BCUT2D eigenvalue weighted by molar-refractivity contribution is 0.400. The molecule has 118 valence electrons. The Kier molecular flexibility index (Phi) is 4.29. The Morgan fingerprint density at radius 3 is 2.48 bits per heavy atom. The topological polar surface area (TPSA) is 85.1 Å². The van der Waals surface area contributed by atoms with Gasteiger partial charge in [-0.2, -0.15) is 0 Å². The van der Waals surface area contributed by atoms with Gasteiger partial charge in [0.2, 0.25) is 0 Å². The number of hydrogen-bond donors (Lipinski definition) is 2. The van der Waals surface area contributed by atoms with Crippen molar-refractivity contribution in [3.8, 4) is 5.75 Å². The van der Waals surface area contributed by atoms with Gasteiger partial charge in [-0.15, -0.1) is 0 Å². The highest BCUT2D eigenvalue weighted by Crippen LogP contribution is 2.28. The number of rotatable bonds is 5. The monoisotopic (exact) mass is 331 g/mol. The fourth-order valence-electron chi connectivity index (χ4n) is 1.94. The first kappa shape index (κ1) is 15.1. The van der Waals surface area contributed by atoms with Crippen molar-refractivity contribution in [3.63, 3.8) is 0 Å². The van der Waals surface area contributed by atoms with Crippen LogP contribution < -0.4 is 15.4 Å². The summed E-state index contributed by atoms with van der Waals surface area (Å²) >= 11 is 6.11. The minimum atomic E-state index is 0.517. The van der Waals surface area contributed by atoms with E-state index in [4.69, 9.17) is 20.9 Å². The molecule has 7 nitrogen and oxygen atoms in total. The highest BCUT2D eigenvalue weighted by molar-refractivity contribution is 6.32. The van der Waals surface area contributed by atoms with E-state index in [0.29, 0.717) is 34.0 Å². The van der Waals surface area contributed by atoms with Crippen molar-refractivity contribution in [3.05, 3.63) is 47.4 Å². The first-order valence-corrected chi connectivity index (χ1v) is 7.15. The molecule has 2 aromatic heterocycles. The van der Waals surface area contributed by atoms with E-state index in [1.54, 1.807) is 31.4 Å². The molecule has 3 rings (SSSR count). The SMILES string of the molecule is COc1ccc(Nc2cc(Nc3cc(C)on3)ncn2)cc1Cl. The summed E-state index contributed by atoms with van der Waals surface area (Å²) in [5, 5.41) is 10.6. The Hall–Kier alpha value is -2.80. The lowest BCUT2D eigenvalue weighted by Gasteiger charge is -2.09. The van der Waals surface area contributed by atoms with Crippen molar-refractivity contribution in [2.75, 3.05) is 17.7 Å². The molecule has 1 aromatic carbocycles. The quantitative estimate of drug-likeness (QED) is 0.732. The normalized spacial score (nSPS) is 10.4. The van der Waals surface area contributed by atoms with Crippen LogP contribution in [0.1, 0.15) is 5.76 Å².